The molecule has 0 aliphatic rings. The SMILES string of the molecule is CC(=O)[O-].CC(=O)[O-].CCCNCCC.CCCNCCC.[Pd+2]. The quantitative estimate of drug-likeness (QED) is 0.427. The predicted octanol–water partition coefficient (Wildman–Crippen LogP) is 0.302. The van der Waals surface area contributed by atoms with Gasteiger partial charge in [-0.1, -0.05) is 27.7 Å². The van der Waals surface area contributed by atoms with Crippen molar-refractivity contribution in [3.8, 4) is 0 Å². The summed E-state index contributed by atoms with van der Waals surface area (Å²) in [6.07, 6.45) is 5.00. The fourth-order valence-corrected chi connectivity index (χ4v) is 0.957. The first-order valence-electron chi connectivity index (χ1n) is 8.06. The van der Waals surface area contributed by atoms with E-state index in [4.69, 9.17) is 19.8 Å². The molecule has 0 atom stereocenters. The zero-order valence-corrected chi connectivity index (χ0v) is 17.2. The Morgan fingerprint density at radius 3 is 0.870 bits per heavy atom. The van der Waals surface area contributed by atoms with E-state index in [9.17, 15) is 0 Å². The average molecular weight is 427 g/mol. The third-order valence-electron chi connectivity index (χ3n) is 1.71. The van der Waals surface area contributed by atoms with E-state index in [2.05, 4.69) is 38.3 Å². The first kappa shape index (κ1) is 34.0. The monoisotopic (exact) mass is 426 g/mol. The van der Waals surface area contributed by atoms with Crippen LogP contribution in [0.5, 0.6) is 0 Å². The first-order valence-corrected chi connectivity index (χ1v) is 8.06. The van der Waals surface area contributed by atoms with Crippen LogP contribution in [0.15, 0.2) is 0 Å². The molecule has 7 heteroatoms. The van der Waals surface area contributed by atoms with Crippen molar-refractivity contribution in [2.24, 2.45) is 0 Å². The number of carbonyl (C=O) groups excluding carboxylic acids is 2. The van der Waals surface area contributed by atoms with Gasteiger partial charge in [-0.25, -0.2) is 0 Å². The third kappa shape index (κ3) is 145. The minimum Gasteiger partial charge on any atom is -0.550 e. The number of nitrogens with one attached hydrogen (secondary N) is 2. The molecule has 0 saturated carbocycles. The van der Waals surface area contributed by atoms with Gasteiger partial charge in [0.15, 0.2) is 0 Å². The van der Waals surface area contributed by atoms with E-state index in [0.29, 0.717) is 0 Å². The predicted molar refractivity (Wildman–Crippen MR) is 88.3 cm³/mol. The summed E-state index contributed by atoms with van der Waals surface area (Å²) in [5.41, 5.74) is 0. The molecule has 0 aromatic heterocycles. The summed E-state index contributed by atoms with van der Waals surface area (Å²) in [5.74, 6) is -2.17. The second-order valence-corrected chi connectivity index (χ2v) is 4.48. The largest absolute Gasteiger partial charge is 2.00 e. The van der Waals surface area contributed by atoms with Gasteiger partial charge in [-0.2, -0.15) is 0 Å². The van der Waals surface area contributed by atoms with E-state index in [1.807, 2.05) is 0 Å². The smallest absolute Gasteiger partial charge is 0.550 e. The van der Waals surface area contributed by atoms with Gasteiger partial charge in [0, 0.05) is 11.9 Å². The van der Waals surface area contributed by atoms with Crippen LogP contribution in [0.4, 0.5) is 0 Å². The normalized spacial score (nSPS) is 7.91. The Balaban J connectivity index is -0.0000000639. The molecule has 144 valence electrons. The van der Waals surface area contributed by atoms with Crippen molar-refractivity contribution >= 4 is 11.9 Å². The van der Waals surface area contributed by atoms with Crippen molar-refractivity contribution in [1.29, 1.82) is 0 Å². The van der Waals surface area contributed by atoms with Gasteiger partial charge >= 0.3 is 20.4 Å². The maximum atomic E-state index is 8.89. The topological polar surface area (TPSA) is 104 Å². The summed E-state index contributed by atoms with van der Waals surface area (Å²) in [6, 6.07) is 0. The first-order chi connectivity index (χ1) is 10.3. The standard InChI is InChI=1S/2C6H15N.2C2H4O2.Pd/c2*1-3-5-7-6-4-2;2*1-2(3)4;/h2*7H,3-6H2,1-2H3;2*1H3,(H,3,4);/q;;;;+2/p-2. The summed E-state index contributed by atoms with van der Waals surface area (Å²) in [5, 5.41) is 24.3. The molecule has 0 saturated heterocycles. The molecule has 2 N–H and O–H groups in total. The van der Waals surface area contributed by atoms with Crippen molar-refractivity contribution in [2.45, 2.75) is 67.2 Å². The summed E-state index contributed by atoms with van der Waals surface area (Å²) in [7, 11) is 0. The van der Waals surface area contributed by atoms with Crippen LogP contribution < -0.4 is 20.8 Å². The van der Waals surface area contributed by atoms with E-state index < -0.39 is 11.9 Å². The van der Waals surface area contributed by atoms with Gasteiger partial charge < -0.3 is 30.4 Å². The molecule has 0 bridgehead atoms. The summed E-state index contributed by atoms with van der Waals surface area (Å²) >= 11 is 0. The van der Waals surface area contributed by atoms with Crippen LogP contribution in [0.3, 0.4) is 0 Å². The minimum atomic E-state index is -1.08. The van der Waals surface area contributed by atoms with Crippen molar-refractivity contribution < 1.29 is 40.2 Å². The van der Waals surface area contributed by atoms with Crippen LogP contribution in [-0.2, 0) is 30.0 Å². The third-order valence-corrected chi connectivity index (χ3v) is 1.71. The zero-order valence-electron chi connectivity index (χ0n) is 15.6. The van der Waals surface area contributed by atoms with E-state index in [0.717, 1.165) is 13.8 Å². The molecule has 0 aromatic rings. The summed E-state index contributed by atoms with van der Waals surface area (Å²) < 4.78 is 0. The second kappa shape index (κ2) is 37.6. The Morgan fingerprint density at radius 2 is 0.783 bits per heavy atom. The number of carboxylic acid groups (broad SMARTS) is 2. The van der Waals surface area contributed by atoms with Crippen molar-refractivity contribution in [2.75, 3.05) is 26.2 Å². The fourth-order valence-electron chi connectivity index (χ4n) is 0.957. The van der Waals surface area contributed by atoms with Gasteiger partial charge in [-0.3, -0.25) is 0 Å². The number of carboxylic acids is 2. The molecule has 0 heterocycles. The molecule has 0 fully saturated rings. The van der Waals surface area contributed by atoms with Gasteiger partial charge in [0.05, 0.1) is 0 Å². The number of hydrogen-bond acceptors (Lipinski definition) is 6. The van der Waals surface area contributed by atoms with Crippen molar-refractivity contribution in [3.63, 3.8) is 0 Å². The van der Waals surface area contributed by atoms with Crippen LogP contribution >= 0.6 is 0 Å². The molecule has 0 amide bonds. The Bertz CT molecular complexity index is 180. The van der Waals surface area contributed by atoms with E-state index in [-0.39, 0.29) is 20.4 Å². The molecule has 0 radical (unpaired) electrons. The molecule has 0 rings (SSSR count). The molecule has 0 spiro atoms. The summed E-state index contributed by atoms with van der Waals surface area (Å²) in [6.45, 7) is 15.4. The maximum absolute atomic E-state index is 8.89. The zero-order chi connectivity index (χ0) is 18.2. The van der Waals surface area contributed by atoms with Gasteiger partial charge in [-0.05, 0) is 65.7 Å². The van der Waals surface area contributed by atoms with Gasteiger partial charge in [-0.15, -0.1) is 0 Å². The molecule has 0 aromatic carbocycles. The number of carbonyl (C=O) groups is 2. The number of aliphatic carboxylic acids is 2. The maximum Gasteiger partial charge on any atom is 2.00 e. The second-order valence-electron chi connectivity index (χ2n) is 4.48. The molecule has 0 aliphatic heterocycles. The van der Waals surface area contributed by atoms with E-state index in [1.165, 1.54) is 51.9 Å². The Labute approximate surface area is 156 Å². The molecular formula is C16H36N2O4Pd. The van der Waals surface area contributed by atoms with Crippen LogP contribution in [0.25, 0.3) is 0 Å². The van der Waals surface area contributed by atoms with E-state index in [1.54, 1.807) is 0 Å². The average Bonchev–Trinajstić information content (AvgIpc) is 2.39. The molecule has 23 heavy (non-hydrogen) atoms. The summed E-state index contributed by atoms with van der Waals surface area (Å²) in [4.78, 5) is 17.8. The number of hydrogen-bond donors (Lipinski definition) is 2. The number of rotatable bonds is 8. The van der Waals surface area contributed by atoms with Crippen LogP contribution in [0.2, 0.25) is 0 Å². The van der Waals surface area contributed by atoms with Crippen molar-refractivity contribution in [1.82, 2.24) is 10.6 Å². The molecule has 0 aliphatic carbocycles. The van der Waals surface area contributed by atoms with Crippen LogP contribution in [0.1, 0.15) is 67.2 Å². The van der Waals surface area contributed by atoms with Crippen LogP contribution in [-0.4, -0.2) is 38.1 Å². The van der Waals surface area contributed by atoms with Gasteiger partial charge in [0.2, 0.25) is 0 Å². The van der Waals surface area contributed by atoms with Gasteiger partial charge in [0.1, 0.15) is 0 Å². The Morgan fingerprint density at radius 1 is 0.652 bits per heavy atom. The van der Waals surface area contributed by atoms with Crippen LogP contribution in [0, 0.1) is 0 Å². The molecule has 6 nitrogen and oxygen atoms in total. The van der Waals surface area contributed by atoms with E-state index >= 15 is 0 Å². The fraction of sp³-hybridized carbons (Fsp3) is 0.875. The van der Waals surface area contributed by atoms with Crippen molar-refractivity contribution in [3.05, 3.63) is 0 Å². The molecular weight excluding hydrogens is 391 g/mol. The Kier molecular flexibility index (Phi) is 55.6. The van der Waals surface area contributed by atoms with Gasteiger partial charge in [0.25, 0.3) is 0 Å². The Hall–Kier alpha value is -0.478. The minimum absolute atomic E-state index is 0. The molecule has 0 unspecified atom stereocenters.